The summed E-state index contributed by atoms with van der Waals surface area (Å²) in [5.41, 5.74) is 0.782. The van der Waals surface area contributed by atoms with Crippen molar-refractivity contribution in [2.45, 2.75) is 6.92 Å². The Balaban J connectivity index is 2.09. The maximum atomic E-state index is 13.8. The molecule has 0 N–H and O–H groups in total. The molecular formula is C13H17FN2O3S. The minimum Gasteiger partial charge on any atom is -0.336 e. The van der Waals surface area contributed by atoms with Crippen molar-refractivity contribution in [1.29, 1.82) is 0 Å². The quantitative estimate of drug-likeness (QED) is 0.813. The Kier molecular flexibility index (Phi) is 4.10. The second-order valence-electron chi connectivity index (χ2n) is 4.94. The topological polar surface area (TPSA) is 57.7 Å². The molecule has 1 amide bonds. The van der Waals surface area contributed by atoms with Crippen molar-refractivity contribution in [2.75, 3.05) is 32.4 Å². The summed E-state index contributed by atoms with van der Waals surface area (Å²) in [5, 5.41) is 0. The first-order valence-corrected chi connectivity index (χ1v) is 8.14. The van der Waals surface area contributed by atoms with Crippen molar-refractivity contribution >= 4 is 15.9 Å². The van der Waals surface area contributed by atoms with Crippen LogP contribution in [0.4, 0.5) is 4.39 Å². The maximum Gasteiger partial charge on any atom is 0.256 e. The summed E-state index contributed by atoms with van der Waals surface area (Å²) in [6.07, 6.45) is 1.14. The highest BCUT2D eigenvalue weighted by molar-refractivity contribution is 7.88. The summed E-state index contributed by atoms with van der Waals surface area (Å²) in [6.45, 7) is 2.80. The molecule has 1 saturated heterocycles. The van der Waals surface area contributed by atoms with E-state index in [1.807, 2.05) is 0 Å². The number of rotatable bonds is 2. The molecule has 1 aliphatic heterocycles. The van der Waals surface area contributed by atoms with Gasteiger partial charge in [-0.2, -0.15) is 4.31 Å². The second-order valence-corrected chi connectivity index (χ2v) is 6.92. The summed E-state index contributed by atoms with van der Waals surface area (Å²) in [4.78, 5) is 13.7. The van der Waals surface area contributed by atoms with E-state index in [-0.39, 0.29) is 31.7 Å². The van der Waals surface area contributed by atoms with Crippen LogP contribution in [0.2, 0.25) is 0 Å². The Morgan fingerprint density at radius 1 is 1.20 bits per heavy atom. The summed E-state index contributed by atoms with van der Waals surface area (Å²) < 4.78 is 37.9. The Morgan fingerprint density at radius 3 is 2.30 bits per heavy atom. The predicted molar refractivity (Wildman–Crippen MR) is 73.5 cm³/mol. The molecule has 5 nitrogen and oxygen atoms in total. The first kappa shape index (κ1) is 14.9. The van der Waals surface area contributed by atoms with Crippen LogP contribution < -0.4 is 0 Å². The smallest absolute Gasteiger partial charge is 0.256 e. The molecule has 0 radical (unpaired) electrons. The average Bonchev–Trinajstić information content (AvgIpc) is 2.37. The van der Waals surface area contributed by atoms with Gasteiger partial charge in [0.2, 0.25) is 10.0 Å². The molecule has 1 heterocycles. The van der Waals surface area contributed by atoms with Gasteiger partial charge in [0.25, 0.3) is 5.91 Å². The van der Waals surface area contributed by atoms with Crippen LogP contribution in [-0.2, 0) is 10.0 Å². The van der Waals surface area contributed by atoms with Crippen molar-refractivity contribution in [3.8, 4) is 0 Å². The highest BCUT2D eigenvalue weighted by atomic mass is 32.2. The zero-order valence-electron chi connectivity index (χ0n) is 11.5. The van der Waals surface area contributed by atoms with Crippen LogP contribution in [-0.4, -0.2) is 56.0 Å². The van der Waals surface area contributed by atoms with Crippen LogP contribution in [0.25, 0.3) is 0 Å². The lowest BCUT2D eigenvalue weighted by Crippen LogP contribution is -2.50. The normalized spacial score (nSPS) is 17.2. The van der Waals surface area contributed by atoms with Crippen LogP contribution in [0.3, 0.4) is 0 Å². The molecule has 0 aromatic heterocycles. The number of halogens is 1. The largest absolute Gasteiger partial charge is 0.336 e. The zero-order chi connectivity index (χ0) is 14.9. The highest BCUT2D eigenvalue weighted by Gasteiger charge is 2.27. The van der Waals surface area contributed by atoms with Crippen LogP contribution in [0.15, 0.2) is 18.2 Å². The number of carbonyl (C=O) groups excluding carboxylic acids is 1. The van der Waals surface area contributed by atoms with Gasteiger partial charge in [-0.25, -0.2) is 12.8 Å². The highest BCUT2D eigenvalue weighted by Crippen LogP contribution is 2.15. The van der Waals surface area contributed by atoms with Gasteiger partial charge >= 0.3 is 0 Å². The SMILES string of the molecule is Cc1ccc(C(=O)N2CCN(S(C)(=O)=O)CC2)c(F)c1. The minimum atomic E-state index is -3.23. The van der Waals surface area contributed by atoms with E-state index < -0.39 is 21.7 Å². The third-order valence-electron chi connectivity index (χ3n) is 3.35. The number of amides is 1. The number of piperazine rings is 1. The summed E-state index contributed by atoms with van der Waals surface area (Å²) in [7, 11) is -3.23. The molecule has 7 heteroatoms. The predicted octanol–water partition coefficient (Wildman–Crippen LogP) is 0.852. The van der Waals surface area contributed by atoms with Crippen molar-refractivity contribution in [2.24, 2.45) is 0 Å². The molecule has 1 aromatic carbocycles. The fourth-order valence-electron chi connectivity index (χ4n) is 2.19. The summed E-state index contributed by atoms with van der Waals surface area (Å²) in [5.74, 6) is -0.934. The molecule has 0 unspecified atom stereocenters. The molecule has 1 fully saturated rings. The Morgan fingerprint density at radius 2 is 1.80 bits per heavy atom. The van der Waals surface area contributed by atoms with Gasteiger partial charge in [0.15, 0.2) is 0 Å². The Labute approximate surface area is 118 Å². The van der Waals surface area contributed by atoms with Crippen LogP contribution in [0.5, 0.6) is 0 Å². The fraction of sp³-hybridized carbons (Fsp3) is 0.462. The summed E-state index contributed by atoms with van der Waals surface area (Å²) >= 11 is 0. The van der Waals surface area contributed by atoms with E-state index in [0.717, 1.165) is 11.8 Å². The fourth-order valence-corrected chi connectivity index (χ4v) is 3.01. The van der Waals surface area contributed by atoms with Gasteiger partial charge in [-0.1, -0.05) is 6.07 Å². The van der Waals surface area contributed by atoms with Gasteiger partial charge in [-0.05, 0) is 24.6 Å². The van der Waals surface area contributed by atoms with Crippen molar-refractivity contribution < 1.29 is 17.6 Å². The molecule has 0 aliphatic carbocycles. The van der Waals surface area contributed by atoms with Gasteiger partial charge < -0.3 is 4.90 Å². The maximum absolute atomic E-state index is 13.8. The first-order valence-electron chi connectivity index (χ1n) is 6.29. The van der Waals surface area contributed by atoms with E-state index in [1.165, 1.54) is 21.3 Å². The Hall–Kier alpha value is -1.47. The third-order valence-corrected chi connectivity index (χ3v) is 4.65. The first-order chi connectivity index (χ1) is 9.29. The molecule has 0 spiro atoms. The van der Waals surface area contributed by atoms with Gasteiger partial charge in [0.1, 0.15) is 5.82 Å². The molecule has 20 heavy (non-hydrogen) atoms. The van der Waals surface area contributed by atoms with Crippen molar-refractivity contribution in [3.63, 3.8) is 0 Å². The molecule has 0 bridgehead atoms. The van der Waals surface area contributed by atoms with E-state index in [1.54, 1.807) is 13.0 Å². The number of carbonyl (C=O) groups is 1. The Bertz CT molecular complexity index is 623. The van der Waals surface area contributed by atoms with Crippen LogP contribution in [0, 0.1) is 12.7 Å². The van der Waals surface area contributed by atoms with E-state index in [0.29, 0.717) is 0 Å². The van der Waals surface area contributed by atoms with E-state index in [9.17, 15) is 17.6 Å². The lowest BCUT2D eigenvalue weighted by Gasteiger charge is -2.33. The third kappa shape index (κ3) is 3.16. The number of sulfonamides is 1. The van der Waals surface area contributed by atoms with E-state index in [2.05, 4.69) is 0 Å². The van der Waals surface area contributed by atoms with Gasteiger partial charge in [-0.3, -0.25) is 4.79 Å². The number of nitrogens with zero attached hydrogens (tertiary/aromatic N) is 2. The monoisotopic (exact) mass is 300 g/mol. The number of benzene rings is 1. The minimum absolute atomic E-state index is 0.0309. The van der Waals surface area contributed by atoms with Gasteiger partial charge in [0, 0.05) is 26.2 Å². The van der Waals surface area contributed by atoms with Crippen LogP contribution in [0.1, 0.15) is 15.9 Å². The lowest BCUT2D eigenvalue weighted by molar-refractivity contribution is 0.0693. The van der Waals surface area contributed by atoms with Crippen molar-refractivity contribution in [1.82, 2.24) is 9.21 Å². The van der Waals surface area contributed by atoms with E-state index in [4.69, 9.17) is 0 Å². The summed E-state index contributed by atoms with van der Waals surface area (Å²) in [6, 6.07) is 4.47. The van der Waals surface area contributed by atoms with Crippen LogP contribution >= 0.6 is 0 Å². The molecule has 2 rings (SSSR count). The number of aryl methyl sites for hydroxylation is 1. The van der Waals surface area contributed by atoms with Gasteiger partial charge in [-0.15, -0.1) is 0 Å². The number of hydrogen-bond acceptors (Lipinski definition) is 3. The average molecular weight is 300 g/mol. The number of hydrogen-bond donors (Lipinski definition) is 0. The zero-order valence-corrected chi connectivity index (χ0v) is 12.3. The standard InChI is InChI=1S/C13H17FN2O3S/c1-10-3-4-11(12(14)9-10)13(17)15-5-7-16(8-6-15)20(2,18)19/h3-4,9H,5-8H2,1-2H3. The van der Waals surface area contributed by atoms with Gasteiger partial charge in [0.05, 0.1) is 11.8 Å². The van der Waals surface area contributed by atoms with Crippen molar-refractivity contribution in [3.05, 3.63) is 35.1 Å². The molecular weight excluding hydrogens is 283 g/mol. The molecule has 1 aliphatic rings. The molecule has 0 atom stereocenters. The lowest BCUT2D eigenvalue weighted by atomic mass is 10.1. The molecule has 110 valence electrons. The molecule has 0 saturated carbocycles. The van der Waals surface area contributed by atoms with E-state index >= 15 is 0 Å². The second kappa shape index (κ2) is 5.49. The molecule has 1 aromatic rings.